The Kier molecular flexibility index (Phi) is 6.85. The zero-order valence-corrected chi connectivity index (χ0v) is 21.3. The van der Waals surface area contributed by atoms with Gasteiger partial charge in [0, 0.05) is 31.2 Å². The topological polar surface area (TPSA) is 75.6 Å². The average Bonchev–Trinajstić information content (AvgIpc) is 2.90. The second kappa shape index (κ2) is 9.98. The molecule has 2 aromatic carbocycles. The molecule has 0 unspecified atom stereocenters. The van der Waals surface area contributed by atoms with Crippen molar-refractivity contribution in [2.75, 3.05) is 27.9 Å². The maximum absolute atomic E-state index is 14.4. The maximum Gasteiger partial charge on any atom is 0.432 e. The van der Waals surface area contributed by atoms with Crippen molar-refractivity contribution < 1.29 is 41.7 Å². The molecule has 5 rings (SSSR count). The summed E-state index contributed by atoms with van der Waals surface area (Å²) < 4.78 is 71.1. The third-order valence-corrected chi connectivity index (χ3v) is 7.26. The Labute approximate surface area is 218 Å². The number of esters is 1. The van der Waals surface area contributed by atoms with Gasteiger partial charge >= 0.3 is 12.1 Å². The van der Waals surface area contributed by atoms with E-state index in [1.807, 2.05) is 6.07 Å². The van der Waals surface area contributed by atoms with Crippen molar-refractivity contribution >= 4 is 17.4 Å². The molecule has 3 aliphatic rings. The number of fused-ring (bicyclic) bond motifs is 4. The summed E-state index contributed by atoms with van der Waals surface area (Å²) in [5.41, 5.74) is -0.123. The van der Waals surface area contributed by atoms with Crippen LogP contribution < -0.4 is 9.47 Å². The predicted octanol–water partition coefficient (Wildman–Crippen LogP) is 4.99. The molecule has 0 radical (unpaired) electrons. The number of carbonyl (C=O) groups excluding carboxylic acids is 1. The Hall–Kier alpha value is -3.53. The van der Waals surface area contributed by atoms with Gasteiger partial charge in [-0.1, -0.05) is 30.3 Å². The summed E-state index contributed by atoms with van der Waals surface area (Å²) in [7, 11) is 3.94. The zero-order valence-electron chi connectivity index (χ0n) is 21.3. The van der Waals surface area contributed by atoms with Crippen LogP contribution >= 0.6 is 0 Å². The van der Waals surface area contributed by atoms with Crippen LogP contribution in [-0.4, -0.2) is 57.9 Å². The van der Waals surface area contributed by atoms with E-state index in [1.54, 1.807) is 19.3 Å². The van der Waals surface area contributed by atoms with E-state index >= 15 is 0 Å². The van der Waals surface area contributed by atoms with Gasteiger partial charge < -0.3 is 23.7 Å². The Balaban J connectivity index is 1.51. The minimum absolute atomic E-state index is 0.141. The van der Waals surface area contributed by atoms with Crippen LogP contribution in [0.3, 0.4) is 0 Å². The number of methoxy groups -OCH3 is 3. The molecule has 202 valence electrons. The summed E-state index contributed by atoms with van der Waals surface area (Å²) in [6.07, 6.45) is -3.03. The van der Waals surface area contributed by atoms with Crippen LogP contribution in [-0.2, 0) is 31.0 Å². The largest absolute Gasteiger partial charge is 0.493 e. The van der Waals surface area contributed by atoms with Crippen LogP contribution in [0.1, 0.15) is 41.5 Å². The van der Waals surface area contributed by atoms with Gasteiger partial charge in [0.1, 0.15) is 18.0 Å². The molecule has 0 N–H and O–H groups in total. The number of alkyl halides is 3. The highest BCUT2D eigenvalue weighted by Gasteiger charge is 2.64. The molecule has 3 aliphatic heterocycles. The Morgan fingerprint density at radius 3 is 2.47 bits per heavy atom. The van der Waals surface area contributed by atoms with Crippen LogP contribution in [0.2, 0.25) is 0 Å². The molecule has 2 bridgehead atoms. The third-order valence-electron chi connectivity index (χ3n) is 7.26. The third kappa shape index (κ3) is 4.11. The highest BCUT2D eigenvalue weighted by Crippen LogP contribution is 2.47. The van der Waals surface area contributed by atoms with E-state index in [2.05, 4.69) is 0 Å². The van der Waals surface area contributed by atoms with Crippen LogP contribution in [0.4, 0.5) is 13.2 Å². The predicted molar refractivity (Wildman–Crippen MR) is 132 cm³/mol. The number of nitrogens with zero attached hydrogens (tertiary/aromatic N) is 1. The summed E-state index contributed by atoms with van der Waals surface area (Å²) >= 11 is 0. The SMILES string of the molecule is COc1cc2c3c(c1OC)/C1=C\C[C@H](OC(=O)[C@@](OC)(c4ccccc4)C(F)(F)F)CC[C@@H](O1)C3=NCC2. The minimum atomic E-state index is -5.05. The first kappa shape index (κ1) is 26.1. The van der Waals surface area contributed by atoms with Crippen molar-refractivity contribution in [2.24, 2.45) is 4.99 Å². The number of hydrogen-bond acceptors (Lipinski definition) is 7. The molecular formula is C28H28F3NO6. The van der Waals surface area contributed by atoms with Crippen molar-refractivity contribution in [3.8, 4) is 11.5 Å². The molecule has 0 saturated heterocycles. The molecule has 7 nitrogen and oxygen atoms in total. The van der Waals surface area contributed by atoms with E-state index in [0.717, 1.165) is 30.4 Å². The van der Waals surface area contributed by atoms with Crippen LogP contribution in [0.15, 0.2) is 47.5 Å². The molecule has 3 heterocycles. The molecule has 10 heteroatoms. The van der Waals surface area contributed by atoms with Crippen molar-refractivity contribution in [3.63, 3.8) is 0 Å². The molecule has 0 spiro atoms. The van der Waals surface area contributed by atoms with Crippen molar-refractivity contribution in [1.29, 1.82) is 0 Å². The van der Waals surface area contributed by atoms with Gasteiger partial charge in [0.15, 0.2) is 11.5 Å². The fourth-order valence-corrected chi connectivity index (χ4v) is 5.45. The molecule has 0 amide bonds. The summed E-state index contributed by atoms with van der Waals surface area (Å²) in [6.45, 7) is 0.577. The van der Waals surface area contributed by atoms with Crippen molar-refractivity contribution in [3.05, 3.63) is 64.7 Å². The summed E-state index contributed by atoms with van der Waals surface area (Å²) in [5.74, 6) is 0.0267. The van der Waals surface area contributed by atoms with Gasteiger partial charge in [-0.2, -0.15) is 13.2 Å². The first-order chi connectivity index (χ1) is 18.2. The maximum atomic E-state index is 14.4. The van der Waals surface area contributed by atoms with Gasteiger partial charge in [-0.05, 0) is 37.0 Å². The van der Waals surface area contributed by atoms with Gasteiger partial charge in [0.05, 0.1) is 25.5 Å². The standard InChI is InChI=1S/C28H28F3NO6/c1-34-21-15-16-13-14-32-24-20-12-10-18(9-11-19(38-20)23(22(16)24)25(21)35-2)37-26(33)27(36-3,28(29,30)31)17-7-5-4-6-8-17/h4-8,11,15,18,20H,9-10,12-14H2,1-3H3/b19-11+/t18-,20+,27-/m0/s1. The second-order valence-electron chi connectivity index (χ2n) is 9.30. The van der Waals surface area contributed by atoms with Gasteiger partial charge in [-0.25, -0.2) is 4.79 Å². The number of aliphatic imine (C=N–C) groups is 1. The molecule has 3 atom stereocenters. The highest BCUT2D eigenvalue weighted by atomic mass is 19.4. The monoisotopic (exact) mass is 531 g/mol. The van der Waals surface area contributed by atoms with E-state index in [1.165, 1.54) is 31.4 Å². The quantitative estimate of drug-likeness (QED) is 0.489. The van der Waals surface area contributed by atoms with Crippen molar-refractivity contribution in [2.45, 2.75) is 49.7 Å². The number of benzene rings is 2. The van der Waals surface area contributed by atoms with E-state index in [-0.39, 0.29) is 18.4 Å². The molecule has 0 saturated carbocycles. The minimum Gasteiger partial charge on any atom is -0.493 e. The normalized spacial score (nSPS) is 23.2. The fourth-order valence-electron chi connectivity index (χ4n) is 5.45. The highest BCUT2D eigenvalue weighted by molar-refractivity contribution is 6.12. The number of hydrogen-bond donors (Lipinski definition) is 0. The summed E-state index contributed by atoms with van der Waals surface area (Å²) in [4.78, 5) is 18.0. The molecule has 0 aromatic heterocycles. The number of ether oxygens (including phenoxy) is 5. The van der Waals surface area contributed by atoms with Crippen LogP contribution in [0.5, 0.6) is 11.5 Å². The van der Waals surface area contributed by atoms with E-state index < -0.39 is 30.0 Å². The van der Waals surface area contributed by atoms with Gasteiger partial charge in [0.2, 0.25) is 0 Å². The molecule has 0 fully saturated rings. The summed E-state index contributed by atoms with van der Waals surface area (Å²) in [6, 6.07) is 8.75. The number of rotatable bonds is 6. The fraction of sp³-hybridized carbons (Fsp3) is 0.429. The molecule has 0 aliphatic carbocycles. The van der Waals surface area contributed by atoms with Gasteiger partial charge in [0.25, 0.3) is 5.60 Å². The first-order valence-corrected chi connectivity index (χ1v) is 12.3. The molecular weight excluding hydrogens is 503 g/mol. The molecule has 38 heavy (non-hydrogen) atoms. The second-order valence-corrected chi connectivity index (χ2v) is 9.30. The lowest BCUT2D eigenvalue weighted by Crippen LogP contribution is -2.52. The van der Waals surface area contributed by atoms with Crippen molar-refractivity contribution in [1.82, 2.24) is 0 Å². The molecule has 2 aromatic rings. The number of halogens is 3. The Morgan fingerprint density at radius 2 is 1.82 bits per heavy atom. The summed E-state index contributed by atoms with van der Waals surface area (Å²) in [5, 5.41) is 0. The lowest BCUT2D eigenvalue weighted by atomic mass is 9.83. The van der Waals surface area contributed by atoms with Crippen LogP contribution in [0.25, 0.3) is 5.76 Å². The Bertz CT molecular complexity index is 1290. The average molecular weight is 532 g/mol. The van der Waals surface area contributed by atoms with Crippen LogP contribution in [0, 0.1) is 0 Å². The van der Waals surface area contributed by atoms with E-state index in [4.69, 9.17) is 28.7 Å². The van der Waals surface area contributed by atoms with E-state index in [0.29, 0.717) is 35.8 Å². The smallest absolute Gasteiger partial charge is 0.432 e. The van der Waals surface area contributed by atoms with Gasteiger partial charge in [-0.15, -0.1) is 0 Å². The zero-order chi connectivity index (χ0) is 27.1. The Morgan fingerprint density at radius 1 is 1.05 bits per heavy atom. The van der Waals surface area contributed by atoms with E-state index in [9.17, 15) is 18.0 Å². The lowest BCUT2D eigenvalue weighted by Gasteiger charge is -2.37. The lowest BCUT2D eigenvalue weighted by molar-refractivity contribution is -0.278. The first-order valence-electron chi connectivity index (χ1n) is 12.3. The van der Waals surface area contributed by atoms with Gasteiger partial charge in [-0.3, -0.25) is 4.99 Å². The number of carbonyl (C=O) groups is 1.